The third-order valence-corrected chi connectivity index (χ3v) is 6.14. The Hall–Kier alpha value is -2.08. The Labute approximate surface area is 167 Å². The second-order valence-corrected chi connectivity index (χ2v) is 7.62. The van der Waals surface area contributed by atoms with Crippen LogP contribution in [0.1, 0.15) is 51.5 Å². The standard InChI is InChI=1S/C21H29N3O2S/c1-4-23(5-2)17-12-11-15(19(25)14-17)13-18-20(26)24(21(27)22(18)3)16-9-7-6-8-10-16/h11-14,16,25H,4-10H2,1-3H3. The zero-order valence-electron chi connectivity index (χ0n) is 16.4. The van der Waals surface area contributed by atoms with Gasteiger partial charge in [-0.1, -0.05) is 19.3 Å². The highest BCUT2D eigenvalue weighted by Crippen LogP contribution is 2.32. The van der Waals surface area contributed by atoms with Crippen LogP contribution in [0.5, 0.6) is 5.75 Å². The zero-order valence-corrected chi connectivity index (χ0v) is 17.3. The number of hydrogen-bond donors (Lipinski definition) is 1. The largest absolute Gasteiger partial charge is 0.507 e. The molecule has 1 aliphatic carbocycles. The predicted octanol–water partition coefficient (Wildman–Crippen LogP) is 3.97. The topological polar surface area (TPSA) is 47.0 Å². The van der Waals surface area contributed by atoms with Crippen LogP contribution in [0.2, 0.25) is 0 Å². The van der Waals surface area contributed by atoms with Gasteiger partial charge in [-0.2, -0.15) is 0 Å². The van der Waals surface area contributed by atoms with Gasteiger partial charge in [0.15, 0.2) is 5.11 Å². The third kappa shape index (κ3) is 3.81. The second kappa shape index (κ2) is 8.30. The number of amides is 1. The maximum Gasteiger partial charge on any atom is 0.277 e. The lowest BCUT2D eigenvalue weighted by atomic mass is 9.94. The van der Waals surface area contributed by atoms with Gasteiger partial charge in [-0.25, -0.2) is 0 Å². The normalized spacial score (nSPS) is 20.0. The molecule has 1 aromatic rings. The van der Waals surface area contributed by atoms with E-state index in [2.05, 4.69) is 18.7 Å². The molecule has 3 rings (SSSR count). The first-order valence-electron chi connectivity index (χ1n) is 9.88. The van der Waals surface area contributed by atoms with Crippen LogP contribution in [0.15, 0.2) is 23.9 Å². The summed E-state index contributed by atoms with van der Waals surface area (Å²) in [6.45, 7) is 5.93. The minimum Gasteiger partial charge on any atom is -0.507 e. The molecule has 1 aliphatic heterocycles. The molecule has 0 unspecified atom stereocenters. The molecule has 2 aliphatic rings. The van der Waals surface area contributed by atoms with Crippen molar-refractivity contribution in [3.05, 3.63) is 29.5 Å². The molecule has 1 amide bonds. The number of nitrogens with zero attached hydrogens (tertiary/aromatic N) is 3. The minimum atomic E-state index is -0.0541. The number of phenols is 1. The number of carbonyl (C=O) groups is 1. The van der Waals surface area contributed by atoms with E-state index in [4.69, 9.17) is 12.2 Å². The number of likely N-dealkylation sites (N-methyl/N-ethyl adjacent to an activating group) is 1. The summed E-state index contributed by atoms with van der Waals surface area (Å²) in [5, 5.41) is 11.1. The fraction of sp³-hybridized carbons (Fsp3) is 0.524. The molecule has 0 atom stereocenters. The number of anilines is 1. The molecule has 1 N–H and O–H groups in total. The number of thiocarbonyl (C=S) groups is 1. The van der Waals surface area contributed by atoms with Crippen molar-refractivity contribution in [2.45, 2.75) is 52.0 Å². The van der Waals surface area contributed by atoms with Crippen molar-refractivity contribution in [2.24, 2.45) is 0 Å². The van der Waals surface area contributed by atoms with Gasteiger partial charge >= 0.3 is 0 Å². The summed E-state index contributed by atoms with van der Waals surface area (Å²) >= 11 is 5.55. The maximum atomic E-state index is 13.0. The molecule has 1 saturated carbocycles. The Bertz CT molecular complexity index is 752. The van der Waals surface area contributed by atoms with E-state index in [-0.39, 0.29) is 17.7 Å². The molecule has 0 bridgehead atoms. The summed E-state index contributed by atoms with van der Waals surface area (Å²) in [6, 6.07) is 5.81. The molecular weight excluding hydrogens is 358 g/mol. The van der Waals surface area contributed by atoms with Gasteiger partial charge in [0, 0.05) is 43.5 Å². The summed E-state index contributed by atoms with van der Waals surface area (Å²) < 4.78 is 0. The lowest BCUT2D eigenvalue weighted by Gasteiger charge is -2.30. The van der Waals surface area contributed by atoms with Crippen molar-refractivity contribution < 1.29 is 9.90 Å². The van der Waals surface area contributed by atoms with Gasteiger partial charge in [0.1, 0.15) is 11.4 Å². The van der Waals surface area contributed by atoms with Gasteiger partial charge in [-0.3, -0.25) is 9.69 Å². The van der Waals surface area contributed by atoms with Gasteiger partial charge in [0.05, 0.1) is 0 Å². The van der Waals surface area contributed by atoms with E-state index in [0.29, 0.717) is 16.4 Å². The van der Waals surface area contributed by atoms with Crippen molar-refractivity contribution in [2.75, 3.05) is 25.0 Å². The monoisotopic (exact) mass is 387 g/mol. The number of phenolic OH excluding ortho intramolecular Hbond substituents is 1. The molecule has 6 heteroatoms. The molecule has 0 aromatic heterocycles. The van der Waals surface area contributed by atoms with Crippen LogP contribution in [-0.4, -0.2) is 52.1 Å². The summed E-state index contributed by atoms with van der Waals surface area (Å²) in [5.74, 6) is 0.122. The quantitative estimate of drug-likeness (QED) is 0.612. The number of hydrogen-bond acceptors (Lipinski definition) is 4. The SMILES string of the molecule is CCN(CC)c1ccc(C=C2C(=O)N(C3CCCCC3)C(=S)N2C)c(O)c1. The number of carbonyl (C=O) groups excluding carboxylic acids is 1. The van der Waals surface area contributed by atoms with Crippen molar-refractivity contribution in [1.29, 1.82) is 0 Å². The first kappa shape index (κ1) is 19.7. The Kier molecular flexibility index (Phi) is 6.05. The third-order valence-electron chi connectivity index (χ3n) is 5.67. The Balaban J connectivity index is 1.88. The van der Waals surface area contributed by atoms with Crippen LogP contribution >= 0.6 is 12.2 Å². The highest BCUT2D eigenvalue weighted by atomic mass is 32.1. The lowest BCUT2D eigenvalue weighted by molar-refractivity contribution is -0.124. The van der Waals surface area contributed by atoms with Crippen LogP contribution in [0.3, 0.4) is 0 Å². The zero-order chi connectivity index (χ0) is 19.6. The number of aromatic hydroxyl groups is 1. The van der Waals surface area contributed by atoms with Crippen LogP contribution < -0.4 is 4.90 Å². The van der Waals surface area contributed by atoms with Crippen LogP contribution in [0.4, 0.5) is 5.69 Å². The number of benzene rings is 1. The van der Waals surface area contributed by atoms with E-state index in [1.165, 1.54) is 6.42 Å². The summed E-state index contributed by atoms with van der Waals surface area (Å²) in [4.78, 5) is 18.8. The van der Waals surface area contributed by atoms with Crippen molar-refractivity contribution >= 4 is 35.0 Å². The average molecular weight is 388 g/mol. The molecule has 1 aromatic carbocycles. The summed E-state index contributed by atoms with van der Waals surface area (Å²) in [7, 11) is 1.83. The van der Waals surface area contributed by atoms with Gasteiger partial charge in [-0.15, -0.1) is 0 Å². The Morgan fingerprint density at radius 2 is 1.89 bits per heavy atom. The molecule has 27 heavy (non-hydrogen) atoms. The highest BCUT2D eigenvalue weighted by Gasteiger charge is 2.40. The van der Waals surface area contributed by atoms with Gasteiger partial charge < -0.3 is 14.9 Å². The molecule has 2 fully saturated rings. The van der Waals surface area contributed by atoms with Crippen molar-refractivity contribution in [3.63, 3.8) is 0 Å². The minimum absolute atomic E-state index is 0.0541. The van der Waals surface area contributed by atoms with E-state index in [0.717, 1.165) is 44.5 Å². The summed E-state index contributed by atoms with van der Waals surface area (Å²) in [5.41, 5.74) is 2.14. The predicted molar refractivity (Wildman–Crippen MR) is 114 cm³/mol. The van der Waals surface area contributed by atoms with E-state index in [9.17, 15) is 9.90 Å². The van der Waals surface area contributed by atoms with Crippen LogP contribution in [-0.2, 0) is 4.79 Å². The fourth-order valence-electron chi connectivity index (χ4n) is 4.03. The van der Waals surface area contributed by atoms with Crippen LogP contribution in [0, 0.1) is 0 Å². The van der Waals surface area contributed by atoms with E-state index in [1.54, 1.807) is 21.9 Å². The molecule has 1 saturated heterocycles. The van der Waals surface area contributed by atoms with Gasteiger partial charge in [0.2, 0.25) is 0 Å². The van der Waals surface area contributed by atoms with Gasteiger partial charge in [-0.05, 0) is 57.1 Å². The highest BCUT2D eigenvalue weighted by molar-refractivity contribution is 7.80. The van der Waals surface area contributed by atoms with Crippen LogP contribution in [0.25, 0.3) is 6.08 Å². The molecule has 0 radical (unpaired) electrons. The van der Waals surface area contributed by atoms with E-state index in [1.807, 2.05) is 19.2 Å². The second-order valence-electron chi connectivity index (χ2n) is 7.25. The molecule has 146 valence electrons. The first-order chi connectivity index (χ1) is 13.0. The van der Waals surface area contributed by atoms with E-state index < -0.39 is 0 Å². The van der Waals surface area contributed by atoms with Crippen molar-refractivity contribution in [3.8, 4) is 5.75 Å². The Morgan fingerprint density at radius 1 is 1.22 bits per heavy atom. The first-order valence-corrected chi connectivity index (χ1v) is 10.3. The van der Waals surface area contributed by atoms with Crippen molar-refractivity contribution in [1.82, 2.24) is 9.80 Å². The fourth-order valence-corrected chi connectivity index (χ4v) is 4.36. The summed E-state index contributed by atoms with van der Waals surface area (Å²) in [6.07, 6.45) is 7.30. The molecular formula is C21H29N3O2S. The molecule has 5 nitrogen and oxygen atoms in total. The maximum absolute atomic E-state index is 13.0. The van der Waals surface area contributed by atoms with Gasteiger partial charge in [0.25, 0.3) is 5.91 Å². The smallest absolute Gasteiger partial charge is 0.277 e. The van der Waals surface area contributed by atoms with E-state index >= 15 is 0 Å². The lowest BCUT2D eigenvalue weighted by Crippen LogP contribution is -2.41. The molecule has 1 heterocycles. The Morgan fingerprint density at radius 3 is 2.48 bits per heavy atom. The average Bonchev–Trinajstić information content (AvgIpc) is 2.88. The number of rotatable bonds is 5. The molecule has 0 spiro atoms.